The van der Waals surface area contributed by atoms with Crippen LogP contribution < -0.4 is 5.32 Å². The Morgan fingerprint density at radius 1 is 1.21 bits per heavy atom. The van der Waals surface area contributed by atoms with E-state index < -0.39 is 11.9 Å². The van der Waals surface area contributed by atoms with E-state index in [9.17, 15) is 14.4 Å². The Bertz CT molecular complexity index is 1240. The molecule has 0 bridgehead atoms. The first-order valence-electron chi connectivity index (χ1n) is 10.7. The molecule has 3 aromatic rings. The summed E-state index contributed by atoms with van der Waals surface area (Å²) >= 11 is 4.55. The molecular formula is C23H27BrN4O5S. The van der Waals surface area contributed by atoms with E-state index in [4.69, 9.17) is 9.15 Å². The Balaban J connectivity index is 1.86. The average Bonchev–Trinajstić information content (AvgIpc) is 3.48. The third-order valence-corrected chi connectivity index (χ3v) is 7.84. The SMILES string of the molecule is CCN(CC)C(=O)c1sc(NC(=O)c2ccc(Cn3nc(C)c(Br)c3C)o2)c(C(=O)OC)c1C. The van der Waals surface area contributed by atoms with Gasteiger partial charge in [-0.3, -0.25) is 14.3 Å². The number of hydrogen-bond acceptors (Lipinski definition) is 7. The van der Waals surface area contributed by atoms with Crippen molar-refractivity contribution in [2.24, 2.45) is 0 Å². The number of carbonyl (C=O) groups excluding carboxylic acids is 3. The molecular weight excluding hydrogens is 524 g/mol. The molecule has 0 aromatic carbocycles. The Kier molecular flexibility index (Phi) is 7.98. The standard InChI is InChI=1S/C23H27BrN4O5S/c1-7-27(8-2)22(30)19-12(3)17(23(31)32-6)21(34-19)25-20(29)16-10-9-15(33-16)11-28-14(5)18(24)13(4)26-28/h9-10H,7-8,11H2,1-6H3,(H,25,29). The predicted octanol–water partition coefficient (Wildman–Crippen LogP) is 4.79. The van der Waals surface area contributed by atoms with E-state index in [1.165, 1.54) is 7.11 Å². The van der Waals surface area contributed by atoms with E-state index >= 15 is 0 Å². The maximum absolute atomic E-state index is 12.9. The molecule has 0 aliphatic rings. The minimum absolute atomic E-state index is 0.0779. The summed E-state index contributed by atoms with van der Waals surface area (Å²) in [5.74, 6) is -0.730. The fourth-order valence-electron chi connectivity index (χ4n) is 3.53. The van der Waals surface area contributed by atoms with Crippen molar-refractivity contribution < 1.29 is 23.5 Å². The van der Waals surface area contributed by atoms with Gasteiger partial charge in [0.1, 0.15) is 10.8 Å². The molecule has 34 heavy (non-hydrogen) atoms. The molecule has 0 unspecified atom stereocenters. The van der Waals surface area contributed by atoms with Gasteiger partial charge in [0.25, 0.3) is 11.8 Å². The van der Waals surface area contributed by atoms with Gasteiger partial charge in [-0.25, -0.2) is 4.79 Å². The molecule has 0 atom stereocenters. The second kappa shape index (κ2) is 10.6. The largest absolute Gasteiger partial charge is 0.465 e. The highest BCUT2D eigenvalue weighted by Crippen LogP contribution is 2.35. The van der Waals surface area contributed by atoms with Crippen LogP contribution in [0.3, 0.4) is 0 Å². The summed E-state index contributed by atoms with van der Waals surface area (Å²) in [5, 5.41) is 7.41. The number of rotatable bonds is 8. The van der Waals surface area contributed by atoms with Gasteiger partial charge in [-0.05, 0) is 68.2 Å². The Morgan fingerprint density at radius 2 is 1.88 bits per heavy atom. The smallest absolute Gasteiger partial charge is 0.341 e. The van der Waals surface area contributed by atoms with E-state index in [1.54, 1.807) is 28.6 Å². The van der Waals surface area contributed by atoms with Crippen molar-refractivity contribution in [1.29, 1.82) is 0 Å². The summed E-state index contributed by atoms with van der Waals surface area (Å²) in [4.78, 5) is 40.4. The van der Waals surface area contributed by atoms with Crippen molar-refractivity contribution in [1.82, 2.24) is 14.7 Å². The molecule has 182 valence electrons. The number of furan rings is 1. The van der Waals surface area contributed by atoms with Crippen molar-refractivity contribution in [2.75, 3.05) is 25.5 Å². The lowest BCUT2D eigenvalue weighted by molar-refractivity contribution is 0.0601. The van der Waals surface area contributed by atoms with Gasteiger partial charge in [0.05, 0.1) is 40.0 Å². The number of anilines is 1. The molecule has 0 radical (unpaired) electrons. The van der Waals surface area contributed by atoms with Gasteiger partial charge in [-0.1, -0.05) is 0 Å². The monoisotopic (exact) mass is 550 g/mol. The zero-order valence-electron chi connectivity index (χ0n) is 19.9. The summed E-state index contributed by atoms with van der Waals surface area (Å²) in [6, 6.07) is 3.27. The van der Waals surface area contributed by atoms with E-state index in [1.807, 2.05) is 27.7 Å². The van der Waals surface area contributed by atoms with Crippen LogP contribution in [-0.4, -0.2) is 52.7 Å². The number of aromatic nitrogens is 2. The van der Waals surface area contributed by atoms with E-state index in [2.05, 4.69) is 26.3 Å². The number of nitrogens with one attached hydrogen (secondary N) is 1. The Hall–Kier alpha value is -2.92. The number of esters is 1. The van der Waals surface area contributed by atoms with Crippen molar-refractivity contribution in [3.63, 3.8) is 0 Å². The van der Waals surface area contributed by atoms with Gasteiger partial charge in [0.15, 0.2) is 5.76 Å². The second-order valence-corrected chi connectivity index (χ2v) is 9.41. The summed E-state index contributed by atoms with van der Waals surface area (Å²) in [7, 11) is 1.26. The topological polar surface area (TPSA) is 107 Å². The maximum atomic E-state index is 12.9. The number of methoxy groups -OCH3 is 1. The van der Waals surface area contributed by atoms with Crippen LogP contribution in [-0.2, 0) is 11.3 Å². The molecule has 1 N–H and O–H groups in total. The Labute approximate surface area is 210 Å². The minimum atomic E-state index is -0.627. The highest BCUT2D eigenvalue weighted by molar-refractivity contribution is 9.10. The van der Waals surface area contributed by atoms with Crippen LogP contribution in [0.1, 0.15) is 67.1 Å². The van der Waals surface area contributed by atoms with Crippen LogP contribution in [0.5, 0.6) is 0 Å². The summed E-state index contributed by atoms with van der Waals surface area (Å²) in [6.45, 7) is 10.7. The fraction of sp³-hybridized carbons (Fsp3) is 0.391. The first kappa shape index (κ1) is 25.7. The molecule has 0 saturated carbocycles. The molecule has 3 heterocycles. The van der Waals surface area contributed by atoms with Gasteiger partial charge in [-0.15, -0.1) is 11.3 Å². The fourth-order valence-corrected chi connectivity index (χ4v) is 4.98. The highest BCUT2D eigenvalue weighted by atomic mass is 79.9. The molecule has 0 spiro atoms. The number of amides is 2. The third kappa shape index (κ3) is 4.95. The van der Waals surface area contributed by atoms with Gasteiger partial charge >= 0.3 is 5.97 Å². The van der Waals surface area contributed by atoms with Crippen LogP contribution in [0.15, 0.2) is 21.0 Å². The van der Waals surface area contributed by atoms with E-state index in [-0.39, 0.29) is 22.2 Å². The number of aryl methyl sites for hydroxylation is 1. The van der Waals surface area contributed by atoms with Crippen LogP contribution in [0, 0.1) is 20.8 Å². The summed E-state index contributed by atoms with van der Waals surface area (Å²) in [6.07, 6.45) is 0. The van der Waals surface area contributed by atoms with Crippen molar-refractivity contribution in [3.8, 4) is 0 Å². The minimum Gasteiger partial charge on any atom is -0.465 e. The first-order valence-corrected chi connectivity index (χ1v) is 12.3. The zero-order valence-corrected chi connectivity index (χ0v) is 22.3. The van der Waals surface area contributed by atoms with Crippen LogP contribution >= 0.6 is 27.3 Å². The highest BCUT2D eigenvalue weighted by Gasteiger charge is 2.28. The van der Waals surface area contributed by atoms with Crippen LogP contribution in [0.2, 0.25) is 0 Å². The van der Waals surface area contributed by atoms with Crippen molar-refractivity contribution in [3.05, 3.63) is 55.5 Å². The number of halogens is 1. The molecule has 0 saturated heterocycles. The van der Waals surface area contributed by atoms with Gasteiger partial charge in [-0.2, -0.15) is 5.10 Å². The molecule has 3 aromatic heterocycles. The van der Waals surface area contributed by atoms with Gasteiger partial charge in [0, 0.05) is 13.1 Å². The summed E-state index contributed by atoms with van der Waals surface area (Å²) < 4.78 is 13.3. The quantitative estimate of drug-likeness (QED) is 0.404. The molecule has 0 fully saturated rings. The lowest BCUT2D eigenvalue weighted by Gasteiger charge is -2.17. The first-order chi connectivity index (χ1) is 16.1. The number of nitrogens with zero attached hydrogens (tertiary/aromatic N) is 3. The lowest BCUT2D eigenvalue weighted by Crippen LogP contribution is -2.30. The van der Waals surface area contributed by atoms with Crippen LogP contribution in [0.25, 0.3) is 0 Å². The molecule has 2 amide bonds. The third-order valence-electron chi connectivity index (χ3n) is 5.49. The molecule has 3 rings (SSSR count). The van der Waals surface area contributed by atoms with Crippen molar-refractivity contribution >= 4 is 50.1 Å². The van der Waals surface area contributed by atoms with Gasteiger partial charge < -0.3 is 19.4 Å². The predicted molar refractivity (Wildman–Crippen MR) is 133 cm³/mol. The zero-order chi connectivity index (χ0) is 25.2. The number of carbonyl (C=O) groups is 3. The number of hydrogen-bond donors (Lipinski definition) is 1. The van der Waals surface area contributed by atoms with Gasteiger partial charge in [0.2, 0.25) is 0 Å². The lowest BCUT2D eigenvalue weighted by atomic mass is 10.1. The van der Waals surface area contributed by atoms with Crippen molar-refractivity contribution in [2.45, 2.75) is 41.2 Å². The second-order valence-electron chi connectivity index (χ2n) is 7.59. The van der Waals surface area contributed by atoms with E-state index in [0.29, 0.717) is 35.8 Å². The van der Waals surface area contributed by atoms with E-state index in [0.717, 1.165) is 27.2 Å². The molecule has 11 heteroatoms. The Morgan fingerprint density at radius 3 is 2.44 bits per heavy atom. The maximum Gasteiger partial charge on any atom is 0.341 e. The van der Waals surface area contributed by atoms with Crippen LogP contribution in [0.4, 0.5) is 5.00 Å². The molecule has 9 nitrogen and oxygen atoms in total. The number of thiophene rings is 1. The molecule has 0 aliphatic heterocycles. The summed E-state index contributed by atoms with van der Waals surface area (Å²) in [5.41, 5.74) is 2.44. The normalized spacial score (nSPS) is 10.9. The average molecular weight is 551 g/mol. The molecule has 0 aliphatic carbocycles. The number of ether oxygens (including phenoxy) is 1.